The van der Waals surface area contributed by atoms with Crippen molar-refractivity contribution < 1.29 is 0 Å². The Bertz CT molecular complexity index is 197. The van der Waals surface area contributed by atoms with Crippen molar-refractivity contribution in [2.24, 2.45) is 5.73 Å². The van der Waals surface area contributed by atoms with Crippen LogP contribution in [0.15, 0.2) is 0 Å². The molecule has 2 heterocycles. The highest BCUT2D eigenvalue weighted by atomic mass is 15.3. The molecule has 2 rings (SSSR count). The number of hydrogen-bond acceptors (Lipinski definition) is 3. The van der Waals surface area contributed by atoms with Crippen LogP contribution in [0.3, 0.4) is 0 Å². The van der Waals surface area contributed by atoms with Crippen molar-refractivity contribution in [3.05, 3.63) is 0 Å². The second-order valence-electron chi connectivity index (χ2n) is 5.40. The summed E-state index contributed by atoms with van der Waals surface area (Å²) in [5.41, 5.74) is 5.93. The number of rotatable bonds is 2. The van der Waals surface area contributed by atoms with E-state index in [-0.39, 0.29) is 0 Å². The van der Waals surface area contributed by atoms with Gasteiger partial charge < -0.3 is 5.73 Å². The Morgan fingerprint density at radius 1 is 1.07 bits per heavy atom. The first-order chi connectivity index (χ1) is 7.16. The summed E-state index contributed by atoms with van der Waals surface area (Å²) in [6, 6.07) is 1.98. The van der Waals surface area contributed by atoms with Gasteiger partial charge in [-0.25, -0.2) is 0 Å². The number of piperidine rings is 1. The van der Waals surface area contributed by atoms with E-state index in [1.54, 1.807) is 0 Å². The Kier molecular flexibility index (Phi) is 3.65. The molecular weight excluding hydrogens is 186 g/mol. The summed E-state index contributed by atoms with van der Waals surface area (Å²) in [6.07, 6.45) is 3.74. The fourth-order valence-corrected chi connectivity index (χ4v) is 2.82. The van der Waals surface area contributed by atoms with E-state index in [4.69, 9.17) is 5.73 Å². The van der Waals surface area contributed by atoms with Gasteiger partial charge in [-0.15, -0.1) is 0 Å². The highest BCUT2D eigenvalue weighted by molar-refractivity contribution is 4.87. The maximum absolute atomic E-state index is 5.93. The summed E-state index contributed by atoms with van der Waals surface area (Å²) < 4.78 is 0. The van der Waals surface area contributed by atoms with E-state index >= 15 is 0 Å². The monoisotopic (exact) mass is 211 g/mol. The number of nitrogens with two attached hydrogens (primary N) is 1. The number of hydrogen-bond donors (Lipinski definition) is 1. The molecule has 1 atom stereocenters. The third-order valence-electron chi connectivity index (χ3n) is 4.02. The summed E-state index contributed by atoms with van der Waals surface area (Å²) >= 11 is 0. The van der Waals surface area contributed by atoms with Gasteiger partial charge in [0.2, 0.25) is 0 Å². The third kappa shape index (κ3) is 2.71. The average molecular weight is 211 g/mol. The second-order valence-corrected chi connectivity index (χ2v) is 5.40. The Balaban J connectivity index is 1.80. The quantitative estimate of drug-likeness (QED) is 0.736. The lowest BCUT2D eigenvalue weighted by atomic mass is 10.0. The lowest BCUT2D eigenvalue weighted by Crippen LogP contribution is -2.46. The van der Waals surface area contributed by atoms with Crippen molar-refractivity contribution in [2.45, 2.75) is 51.2 Å². The smallest absolute Gasteiger partial charge is 0.0235 e. The van der Waals surface area contributed by atoms with E-state index in [0.29, 0.717) is 12.1 Å². The predicted octanol–water partition coefficient (Wildman–Crippen LogP) is 0.892. The Labute approximate surface area is 93.6 Å². The molecule has 2 aliphatic heterocycles. The van der Waals surface area contributed by atoms with Crippen LogP contribution in [0.2, 0.25) is 0 Å². The van der Waals surface area contributed by atoms with E-state index in [1.165, 1.54) is 45.4 Å². The van der Waals surface area contributed by atoms with Crippen molar-refractivity contribution >= 4 is 0 Å². The molecular formula is C12H25N3. The zero-order chi connectivity index (χ0) is 10.8. The van der Waals surface area contributed by atoms with Crippen molar-refractivity contribution in [1.82, 2.24) is 9.80 Å². The van der Waals surface area contributed by atoms with Crippen LogP contribution in [0.4, 0.5) is 0 Å². The van der Waals surface area contributed by atoms with Gasteiger partial charge in [0.1, 0.15) is 0 Å². The molecule has 15 heavy (non-hydrogen) atoms. The lowest BCUT2D eigenvalue weighted by molar-refractivity contribution is 0.147. The highest BCUT2D eigenvalue weighted by Gasteiger charge is 2.30. The first-order valence-corrected chi connectivity index (χ1v) is 6.40. The number of nitrogens with zero attached hydrogens (tertiary/aromatic N) is 2. The molecule has 3 nitrogen and oxygen atoms in total. The molecule has 0 aromatic heterocycles. The van der Waals surface area contributed by atoms with E-state index in [9.17, 15) is 0 Å². The summed E-state index contributed by atoms with van der Waals surface area (Å²) in [5.74, 6) is 0. The summed E-state index contributed by atoms with van der Waals surface area (Å²) in [6.45, 7) is 9.59. The zero-order valence-corrected chi connectivity index (χ0v) is 10.2. The van der Waals surface area contributed by atoms with Gasteiger partial charge in [-0.05, 0) is 46.2 Å². The maximum Gasteiger partial charge on any atom is 0.0235 e. The molecule has 0 amide bonds. The minimum atomic E-state index is 0.462. The van der Waals surface area contributed by atoms with Crippen LogP contribution in [0.5, 0.6) is 0 Å². The van der Waals surface area contributed by atoms with Gasteiger partial charge in [-0.2, -0.15) is 0 Å². The highest BCUT2D eigenvalue weighted by Crippen LogP contribution is 2.21. The SMILES string of the molecule is CC(C)N1CCC(N2CCC(N)CC2)C1. The largest absolute Gasteiger partial charge is 0.328 e. The summed E-state index contributed by atoms with van der Waals surface area (Å²) in [7, 11) is 0. The normalized spacial score (nSPS) is 31.6. The molecule has 0 radical (unpaired) electrons. The minimum Gasteiger partial charge on any atom is -0.328 e. The maximum atomic E-state index is 5.93. The Morgan fingerprint density at radius 2 is 1.73 bits per heavy atom. The fraction of sp³-hybridized carbons (Fsp3) is 1.00. The molecule has 0 aromatic rings. The molecule has 2 N–H and O–H groups in total. The zero-order valence-electron chi connectivity index (χ0n) is 10.2. The van der Waals surface area contributed by atoms with Crippen LogP contribution in [0.1, 0.15) is 33.1 Å². The molecule has 2 aliphatic rings. The number of likely N-dealkylation sites (tertiary alicyclic amines) is 2. The molecule has 0 saturated carbocycles. The average Bonchev–Trinajstić information content (AvgIpc) is 2.68. The summed E-state index contributed by atoms with van der Waals surface area (Å²) in [4.78, 5) is 5.25. The fourth-order valence-electron chi connectivity index (χ4n) is 2.82. The van der Waals surface area contributed by atoms with Crippen molar-refractivity contribution in [1.29, 1.82) is 0 Å². The van der Waals surface area contributed by atoms with Gasteiger partial charge in [-0.1, -0.05) is 0 Å². The van der Waals surface area contributed by atoms with Crippen molar-refractivity contribution in [2.75, 3.05) is 26.2 Å². The van der Waals surface area contributed by atoms with E-state index in [0.717, 1.165) is 6.04 Å². The van der Waals surface area contributed by atoms with E-state index in [1.807, 2.05) is 0 Å². The first kappa shape index (κ1) is 11.4. The standard InChI is InChI=1S/C12H25N3/c1-10(2)15-8-5-12(9-15)14-6-3-11(13)4-7-14/h10-12H,3-9,13H2,1-2H3. The molecule has 2 fully saturated rings. The molecule has 3 heteroatoms. The molecule has 2 saturated heterocycles. The van der Waals surface area contributed by atoms with Crippen LogP contribution in [0.25, 0.3) is 0 Å². The molecule has 0 spiro atoms. The first-order valence-electron chi connectivity index (χ1n) is 6.40. The Morgan fingerprint density at radius 3 is 2.27 bits per heavy atom. The van der Waals surface area contributed by atoms with Gasteiger partial charge in [0, 0.05) is 31.2 Å². The van der Waals surface area contributed by atoms with Gasteiger partial charge >= 0.3 is 0 Å². The van der Waals surface area contributed by atoms with Crippen LogP contribution < -0.4 is 5.73 Å². The van der Waals surface area contributed by atoms with E-state index in [2.05, 4.69) is 23.6 Å². The minimum absolute atomic E-state index is 0.462. The molecule has 0 aromatic carbocycles. The second kappa shape index (κ2) is 4.81. The van der Waals surface area contributed by atoms with Crippen LogP contribution >= 0.6 is 0 Å². The van der Waals surface area contributed by atoms with Gasteiger partial charge in [0.15, 0.2) is 0 Å². The van der Waals surface area contributed by atoms with Crippen molar-refractivity contribution in [3.63, 3.8) is 0 Å². The topological polar surface area (TPSA) is 32.5 Å². The van der Waals surface area contributed by atoms with Gasteiger partial charge in [0.05, 0.1) is 0 Å². The van der Waals surface area contributed by atoms with Crippen LogP contribution in [-0.4, -0.2) is 54.1 Å². The van der Waals surface area contributed by atoms with Gasteiger partial charge in [0.25, 0.3) is 0 Å². The van der Waals surface area contributed by atoms with Crippen LogP contribution in [-0.2, 0) is 0 Å². The van der Waals surface area contributed by atoms with Crippen molar-refractivity contribution in [3.8, 4) is 0 Å². The Hall–Kier alpha value is -0.120. The summed E-state index contributed by atoms with van der Waals surface area (Å²) in [5, 5.41) is 0. The van der Waals surface area contributed by atoms with Gasteiger partial charge in [-0.3, -0.25) is 9.80 Å². The lowest BCUT2D eigenvalue weighted by Gasteiger charge is -2.35. The predicted molar refractivity (Wildman–Crippen MR) is 63.9 cm³/mol. The molecule has 0 aliphatic carbocycles. The van der Waals surface area contributed by atoms with E-state index < -0.39 is 0 Å². The van der Waals surface area contributed by atoms with Crippen LogP contribution in [0, 0.1) is 0 Å². The molecule has 88 valence electrons. The molecule has 0 bridgehead atoms. The molecule has 1 unspecified atom stereocenters. The third-order valence-corrected chi connectivity index (χ3v) is 4.02.